The van der Waals surface area contributed by atoms with Gasteiger partial charge in [0.05, 0.1) is 29.9 Å². The van der Waals surface area contributed by atoms with Crippen molar-refractivity contribution < 1.29 is 19.1 Å². The maximum atomic E-state index is 12.2. The van der Waals surface area contributed by atoms with E-state index < -0.39 is 5.97 Å². The van der Waals surface area contributed by atoms with Crippen molar-refractivity contribution in [3.63, 3.8) is 0 Å². The van der Waals surface area contributed by atoms with Gasteiger partial charge in [-0.1, -0.05) is 36.2 Å². The summed E-state index contributed by atoms with van der Waals surface area (Å²) < 4.78 is 9.94. The lowest BCUT2D eigenvalue weighted by atomic mass is 9.97. The molecule has 3 saturated heterocycles. The number of carbonyl (C=O) groups is 2. The second-order valence-electron chi connectivity index (χ2n) is 10.3. The zero-order chi connectivity index (χ0) is 27.5. The molecule has 11 heteroatoms. The number of benzene rings is 1. The first-order valence-electron chi connectivity index (χ1n) is 13.6. The third-order valence-electron chi connectivity index (χ3n) is 8.06. The number of halogens is 2. The fourth-order valence-corrected chi connectivity index (χ4v) is 6.44. The number of amides is 1. The van der Waals surface area contributed by atoms with E-state index in [0.29, 0.717) is 40.8 Å². The van der Waals surface area contributed by atoms with Crippen LogP contribution in [0.1, 0.15) is 42.1 Å². The molecule has 5 rings (SSSR count). The first-order valence-corrected chi connectivity index (χ1v) is 14.3. The SMILES string of the molecule is CC[C@H]1CN(c2ncc(C(=O)OC)cc2Cl)CCN1C1CCN(Cc2ccc(Cl)cc2N2CCOC2=O)CC1. The standard InChI is InChI=1S/C28H35Cl2N5O4/c1-3-22-18-33(26-24(30)14-20(16-31-26)27(36)38-2)10-11-34(22)23-6-8-32(9-7-23)17-19-4-5-21(29)15-25(19)35-12-13-39-28(35)37/h4-5,14-16,22-23H,3,6-13,17-18H2,1-2H3/t22-/m0/s1. The maximum absolute atomic E-state index is 12.2. The second-order valence-corrected chi connectivity index (χ2v) is 11.2. The van der Waals surface area contributed by atoms with E-state index in [1.165, 1.54) is 13.3 Å². The molecule has 1 aromatic carbocycles. The summed E-state index contributed by atoms with van der Waals surface area (Å²) in [7, 11) is 1.35. The summed E-state index contributed by atoms with van der Waals surface area (Å²) in [6.45, 7) is 8.58. The third-order valence-corrected chi connectivity index (χ3v) is 8.57. The van der Waals surface area contributed by atoms with Gasteiger partial charge in [-0.2, -0.15) is 0 Å². The molecule has 0 spiro atoms. The van der Waals surface area contributed by atoms with Gasteiger partial charge in [0, 0.05) is 49.5 Å². The highest BCUT2D eigenvalue weighted by Crippen LogP contribution is 2.32. The van der Waals surface area contributed by atoms with Crippen molar-refractivity contribution in [1.82, 2.24) is 14.8 Å². The van der Waals surface area contributed by atoms with Crippen LogP contribution in [0.3, 0.4) is 0 Å². The highest BCUT2D eigenvalue weighted by Gasteiger charge is 2.34. The Morgan fingerprint density at radius 2 is 1.92 bits per heavy atom. The van der Waals surface area contributed by atoms with Crippen molar-refractivity contribution in [3.8, 4) is 0 Å². The first kappa shape index (κ1) is 28.0. The van der Waals surface area contributed by atoms with Gasteiger partial charge in [0.2, 0.25) is 0 Å². The molecule has 0 unspecified atom stereocenters. The molecule has 1 atom stereocenters. The molecule has 0 saturated carbocycles. The molecule has 3 aliphatic rings. The Morgan fingerprint density at radius 3 is 2.59 bits per heavy atom. The number of anilines is 2. The fourth-order valence-electron chi connectivity index (χ4n) is 5.98. The molecule has 0 aliphatic carbocycles. The molecule has 2 aromatic rings. The number of nitrogens with zero attached hydrogens (tertiary/aromatic N) is 5. The molecule has 4 heterocycles. The molecule has 9 nitrogen and oxygen atoms in total. The van der Waals surface area contributed by atoms with Gasteiger partial charge in [0.15, 0.2) is 0 Å². The number of likely N-dealkylation sites (tertiary alicyclic amines) is 1. The lowest BCUT2D eigenvalue weighted by Crippen LogP contribution is -2.58. The molecule has 39 heavy (non-hydrogen) atoms. The first-order chi connectivity index (χ1) is 18.9. The van der Waals surface area contributed by atoms with E-state index in [1.54, 1.807) is 11.0 Å². The zero-order valence-corrected chi connectivity index (χ0v) is 24.0. The third kappa shape index (κ3) is 6.11. The molecule has 0 radical (unpaired) electrons. The lowest BCUT2D eigenvalue weighted by molar-refractivity contribution is 0.0598. The van der Waals surface area contributed by atoms with Crippen LogP contribution in [0.15, 0.2) is 30.5 Å². The average Bonchev–Trinajstić information content (AvgIpc) is 3.39. The van der Waals surface area contributed by atoms with Crippen LogP contribution in [0.4, 0.5) is 16.3 Å². The monoisotopic (exact) mass is 575 g/mol. The molecule has 0 bridgehead atoms. The van der Waals surface area contributed by atoms with E-state index in [-0.39, 0.29) is 6.09 Å². The van der Waals surface area contributed by atoms with Crippen molar-refractivity contribution in [1.29, 1.82) is 0 Å². The average molecular weight is 577 g/mol. The van der Waals surface area contributed by atoms with Crippen molar-refractivity contribution in [3.05, 3.63) is 51.6 Å². The van der Waals surface area contributed by atoms with E-state index in [1.807, 2.05) is 18.2 Å². The summed E-state index contributed by atoms with van der Waals surface area (Å²) in [5.41, 5.74) is 2.30. The van der Waals surface area contributed by atoms with Crippen LogP contribution in [0.5, 0.6) is 0 Å². The van der Waals surface area contributed by atoms with Crippen molar-refractivity contribution in [2.75, 3.05) is 62.8 Å². The summed E-state index contributed by atoms with van der Waals surface area (Å²) in [6, 6.07) is 8.35. The molecular weight excluding hydrogens is 541 g/mol. The van der Waals surface area contributed by atoms with Crippen LogP contribution >= 0.6 is 23.2 Å². The summed E-state index contributed by atoms with van der Waals surface area (Å²) >= 11 is 12.8. The number of esters is 1. The Labute approximate surface area is 239 Å². The minimum absolute atomic E-state index is 0.308. The number of carbonyl (C=O) groups excluding carboxylic acids is 2. The quantitative estimate of drug-likeness (QED) is 0.440. The lowest BCUT2D eigenvalue weighted by Gasteiger charge is -2.48. The van der Waals surface area contributed by atoms with Crippen LogP contribution in [0.2, 0.25) is 10.0 Å². The van der Waals surface area contributed by atoms with Crippen molar-refractivity contribution in [2.24, 2.45) is 0 Å². The zero-order valence-electron chi connectivity index (χ0n) is 22.4. The molecule has 0 N–H and O–H groups in total. The summed E-state index contributed by atoms with van der Waals surface area (Å²) in [5, 5.41) is 1.09. The van der Waals surface area contributed by atoms with Crippen molar-refractivity contribution >= 4 is 46.8 Å². The van der Waals surface area contributed by atoms with Gasteiger partial charge in [0.1, 0.15) is 12.4 Å². The van der Waals surface area contributed by atoms with Crippen LogP contribution in [0, 0.1) is 0 Å². The molecule has 3 aliphatic heterocycles. The summed E-state index contributed by atoms with van der Waals surface area (Å²) in [6.07, 6.45) is 4.46. The molecule has 3 fully saturated rings. The number of aromatic nitrogens is 1. The van der Waals surface area contributed by atoms with Gasteiger partial charge >= 0.3 is 12.1 Å². The Balaban J connectivity index is 1.19. The van der Waals surface area contributed by atoms with Gasteiger partial charge in [0.25, 0.3) is 0 Å². The maximum Gasteiger partial charge on any atom is 0.414 e. The fraction of sp³-hybridized carbons (Fsp3) is 0.536. The topological polar surface area (TPSA) is 78.5 Å². The van der Waals surface area contributed by atoms with Crippen molar-refractivity contribution in [2.45, 2.75) is 44.8 Å². The van der Waals surface area contributed by atoms with Crippen LogP contribution < -0.4 is 9.80 Å². The largest absolute Gasteiger partial charge is 0.465 e. The van der Waals surface area contributed by atoms with Crippen LogP contribution in [-0.2, 0) is 16.0 Å². The van der Waals surface area contributed by atoms with Gasteiger partial charge < -0.3 is 14.4 Å². The number of cyclic esters (lactones) is 1. The van der Waals surface area contributed by atoms with Gasteiger partial charge in [-0.05, 0) is 56.1 Å². The van der Waals surface area contributed by atoms with Crippen LogP contribution in [0.25, 0.3) is 0 Å². The molecule has 210 valence electrons. The Kier molecular flexibility index (Phi) is 8.81. The smallest absolute Gasteiger partial charge is 0.414 e. The number of methoxy groups -OCH3 is 1. The van der Waals surface area contributed by atoms with E-state index in [2.05, 4.69) is 26.6 Å². The molecule has 1 amide bonds. The normalized spacial score (nSPS) is 21.3. The second kappa shape index (κ2) is 12.3. The molecular formula is C28H35Cl2N5O4. The van der Waals surface area contributed by atoms with E-state index in [4.69, 9.17) is 32.7 Å². The predicted molar refractivity (Wildman–Crippen MR) is 152 cm³/mol. The number of hydrogen-bond acceptors (Lipinski definition) is 8. The Hall–Kier alpha value is -2.59. The van der Waals surface area contributed by atoms with Crippen LogP contribution in [-0.4, -0.2) is 91.9 Å². The Bertz CT molecular complexity index is 1210. The van der Waals surface area contributed by atoms with Gasteiger partial charge in [-0.3, -0.25) is 14.7 Å². The van der Waals surface area contributed by atoms with E-state index >= 15 is 0 Å². The summed E-state index contributed by atoms with van der Waals surface area (Å²) in [5.74, 6) is 0.280. The highest BCUT2D eigenvalue weighted by atomic mass is 35.5. The van der Waals surface area contributed by atoms with Gasteiger partial charge in [-0.25, -0.2) is 14.6 Å². The number of piperazine rings is 1. The minimum atomic E-state index is -0.440. The summed E-state index contributed by atoms with van der Waals surface area (Å²) in [4.78, 5) is 37.6. The number of ether oxygens (including phenoxy) is 2. The Morgan fingerprint density at radius 1 is 1.13 bits per heavy atom. The number of rotatable bonds is 7. The predicted octanol–water partition coefficient (Wildman–Crippen LogP) is 4.70. The molecule has 1 aromatic heterocycles. The number of hydrogen-bond donors (Lipinski definition) is 0. The van der Waals surface area contributed by atoms with E-state index in [9.17, 15) is 9.59 Å². The minimum Gasteiger partial charge on any atom is -0.465 e. The number of piperidine rings is 1. The van der Waals surface area contributed by atoms with Gasteiger partial charge in [-0.15, -0.1) is 0 Å². The van der Waals surface area contributed by atoms with E-state index in [0.717, 1.165) is 75.6 Å². The highest BCUT2D eigenvalue weighted by molar-refractivity contribution is 6.33. The number of pyridine rings is 1.